The van der Waals surface area contributed by atoms with Gasteiger partial charge in [-0.05, 0) is 33.9 Å². The first kappa shape index (κ1) is 33.9. The minimum atomic E-state index is -4.51. The van der Waals surface area contributed by atoms with Crippen molar-refractivity contribution in [2.24, 2.45) is 0 Å². The topological polar surface area (TPSA) is 108 Å². The van der Waals surface area contributed by atoms with Crippen molar-refractivity contribution in [3.63, 3.8) is 0 Å². The fourth-order valence-corrected chi connectivity index (χ4v) is 3.97. The van der Waals surface area contributed by atoms with Gasteiger partial charge in [0.05, 0.1) is 4.90 Å². The summed E-state index contributed by atoms with van der Waals surface area (Å²) in [6.07, 6.45) is 7.53. The molecule has 0 aliphatic carbocycles. The first-order chi connectivity index (χ1) is 17.2. The Morgan fingerprint density at radius 1 is 0.632 bits per heavy atom. The van der Waals surface area contributed by atoms with Crippen LogP contribution in [0.1, 0.15) is 22.3 Å². The van der Waals surface area contributed by atoms with Gasteiger partial charge in [-0.1, -0.05) is 85.0 Å². The minimum absolute atomic E-state index is 0. The third-order valence-corrected chi connectivity index (χ3v) is 5.90. The molecule has 182 valence electrons. The second kappa shape index (κ2) is 16.8. The van der Waals surface area contributed by atoms with E-state index < -0.39 is 20.7 Å². The van der Waals surface area contributed by atoms with Crippen LogP contribution in [-0.2, 0) is 20.7 Å². The van der Waals surface area contributed by atoms with Gasteiger partial charge >= 0.3 is 69.7 Å². The van der Waals surface area contributed by atoms with Crippen LogP contribution in [0.5, 0.6) is 0 Å². The smallest absolute Gasteiger partial charge is 0.744 e. The standard InChI is InChI=1S/C28H21O3S.2Na.O3S/c29-32(30,31)28-9-5-4-8-27(28)21-16-24-14-19-26(20-15-24)25-17-12-23(13-18-25)11-10-22-6-2-1-3-7-22;;;1-4(2)3/h1-6,8-21H,(H,29,30,31);;;/q-1;2*+1;/p-1/b11-10+,21-16+;;;. The molecular weight excluding hydrogens is 542 g/mol. The van der Waals surface area contributed by atoms with Crippen LogP contribution in [0.3, 0.4) is 0 Å². The first-order valence-electron chi connectivity index (χ1n) is 10.6. The summed E-state index contributed by atoms with van der Waals surface area (Å²) < 4.78 is 59.6. The van der Waals surface area contributed by atoms with E-state index in [0.29, 0.717) is 5.56 Å². The van der Waals surface area contributed by atoms with E-state index >= 15 is 0 Å². The van der Waals surface area contributed by atoms with Crippen molar-refractivity contribution in [2.45, 2.75) is 4.90 Å². The fourth-order valence-electron chi connectivity index (χ4n) is 3.30. The molecule has 0 fully saturated rings. The van der Waals surface area contributed by atoms with Crippen molar-refractivity contribution in [3.05, 3.63) is 125 Å². The summed E-state index contributed by atoms with van der Waals surface area (Å²) in [4.78, 5) is -0.216. The second-order valence-corrected chi connectivity index (χ2v) is 9.18. The molecule has 10 heteroatoms. The Morgan fingerprint density at radius 3 is 1.58 bits per heavy atom. The van der Waals surface area contributed by atoms with Crippen molar-refractivity contribution in [2.75, 3.05) is 0 Å². The van der Waals surface area contributed by atoms with Gasteiger partial charge in [-0.15, -0.1) is 49.0 Å². The van der Waals surface area contributed by atoms with E-state index in [-0.39, 0.29) is 64.0 Å². The van der Waals surface area contributed by atoms with Crippen molar-refractivity contribution in [1.29, 1.82) is 0 Å². The zero-order valence-electron chi connectivity index (χ0n) is 20.8. The molecule has 0 aliphatic rings. The van der Waals surface area contributed by atoms with Crippen LogP contribution in [0.4, 0.5) is 0 Å². The van der Waals surface area contributed by atoms with E-state index in [1.165, 1.54) is 12.1 Å². The average molecular weight is 563 g/mol. The van der Waals surface area contributed by atoms with E-state index in [1.54, 1.807) is 24.3 Å². The zero-order valence-corrected chi connectivity index (χ0v) is 26.4. The molecule has 0 saturated carbocycles. The molecule has 4 aromatic rings. The normalized spacial score (nSPS) is 10.7. The number of hydrogen-bond donors (Lipinski definition) is 0. The van der Waals surface area contributed by atoms with Gasteiger partial charge in [0.15, 0.2) is 0 Å². The molecule has 0 aromatic heterocycles. The zero-order chi connectivity index (χ0) is 26.0. The molecule has 6 nitrogen and oxygen atoms in total. The van der Waals surface area contributed by atoms with Crippen LogP contribution in [0.25, 0.3) is 35.4 Å². The van der Waals surface area contributed by atoms with Gasteiger partial charge in [0, 0.05) is 0 Å². The third-order valence-electron chi connectivity index (χ3n) is 4.99. The van der Waals surface area contributed by atoms with E-state index in [1.807, 2.05) is 54.6 Å². The van der Waals surface area contributed by atoms with Crippen LogP contribution in [0.2, 0.25) is 0 Å². The molecule has 0 amide bonds. The van der Waals surface area contributed by atoms with E-state index in [4.69, 9.17) is 12.6 Å². The summed E-state index contributed by atoms with van der Waals surface area (Å²) in [5.41, 5.74) is 5.62. The molecule has 0 unspecified atom stereocenters. The summed E-state index contributed by atoms with van der Waals surface area (Å²) in [6, 6.07) is 33.4. The van der Waals surface area contributed by atoms with Gasteiger partial charge in [0.2, 0.25) is 0 Å². The number of hydrogen-bond acceptors (Lipinski definition) is 6. The minimum Gasteiger partial charge on any atom is -0.744 e. The maximum atomic E-state index is 11.4. The van der Waals surface area contributed by atoms with Gasteiger partial charge in [0.1, 0.15) is 10.1 Å². The van der Waals surface area contributed by atoms with Crippen molar-refractivity contribution in [3.8, 4) is 11.1 Å². The van der Waals surface area contributed by atoms with Gasteiger partial charge in [-0.25, -0.2) is 8.42 Å². The SMILES string of the molecule is O=S(=O)([O-])c1ccccc1/C=C/c1ccc(-c2ccc(/C=C/c3[c-]cccc3)cc2)cc1.O=S(=O)=O.[Na+].[Na+]. The molecular formula is C28H20Na2O6S2. The summed E-state index contributed by atoms with van der Waals surface area (Å²) in [5.74, 6) is 0. The molecule has 0 bridgehead atoms. The van der Waals surface area contributed by atoms with Crippen molar-refractivity contribution >= 4 is 45.0 Å². The van der Waals surface area contributed by atoms with Crippen LogP contribution in [0.15, 0.2) is 102 Å². The Hall–Kier alpha value is -2.11. The predicted octanol–water partition coefficient (Wildman–Crippen LogP) is -0.597. The van der Waals surface area contributed by atoms with Crippen molar-refractivity contribution in [1.82, 2.24) is 0 Å². The third kappa shape index (κ3) is 11.3. The molecule has 0 saturated heterocycles. The summed E-state index contributed by atoms with van der Waals surface area (Å²) in [7, 11) is -7.62. The Kier molecular flexibility index (Phi) is 15.0. The van der Waals surface area contributed by atoms with Gasteiger partial charge < -0.3 is 4.55 Å². The summed E-state index contributed by atoms with van der Waals surface area (Å²) in [6.45, 7) is 0. The number of benzene rings is 4. The Morgan fingerprint density at radius 2 is 1.11 bits per heavy atom. The molecule has 0 spiro atoms. The first-order valence-corrected chi connectivity index (χ1v) is 13.0. The molecule has 4 rings (SSSR count). The van der Waals surface area contributed by atoms with Gasteiger partial charge in [-0.3, -0.25) is 0 Å². The molecule has 0 atom stereocenters. The summed E-state index contributed by atoms with van der Waals surface area (Å²) >= 11 is 0. The maximum Gasteiger partial charge on any atom is 1.00 e. The monoisotopic (exact) mass is 562 g/mol. The van der Waals surface area contributed by atoms with E-state index in [9.17, 15) is 13.0 Å². The summed E-state index contributed by atoms with van der Waals surface area (Å²) in [5, 5.41) is 0. The van der Waals surface area contributed by atoms with Crippen molar-refractivity contribution < 1.29 is 84.7 Å². The predicted molar refractivity (Wildman–Crippen MR) is 139 cm³/mol. The van der Waals surface area contributed by atoms with Crippen LogP contribution < -0.4 is 59.1 Å². The van der Waals surface area contributed by atoms with Gasteiger partial charge in [-0.2, -0.15) is 5.56 Å². The largest absolute Gasteiger partial charge is 1.00 e. The Labute approximate surface area is 268 Å². The van der Waals surface area contributed by atoms with E-state index in [0.717, 1.165) is 27.8 Å². The maximum absolute atomic E-state index is 11.4. The molecule has 38 heavy (non-hydrogen) atoms. The van der Waals surface area contributed by atoms with Crippen LogP contribution in [0, 0.1) is 6.07 Å². The molecule has 0 radical (unpaired) electrons. The fraction of sp³-hybridized carbons (Fsp3) is 0. The van der Waals surface area contributed by atoms with Crippen LogP contribution >= 0.6 is 0 Å². The average Bonchev–Trinajstić information content (AvgIpc) is 2.87. The Bertz CT molecular complexity index is 1580. The number of rotatable bonds is 6. The molecule has 0 heterocycles. The second-order valence-electron chi connectivity index (χ2n) is 7.42. The van der Waals surface area contributed by atoms with Crippen LogP contribution in [-0.4, -0.2) is 25.6 Å². The Balaban J connectivity index is 0.00000113. The van der Waals surface area contributed by atoms with Gasteiger partial charge in [0.25, 0.3) is 0 Å². The van der Waals surface area contributed by atoms with E-state index in [2.05, 4.69) is 36.4 Å². The molecule has 0 aliphatic heterocycles. The molecule has 0 N–H and O–H groups in total. The quantitative estimate of drug-likeness (QED) is 0.135. The molecule has 4 aromatic carbocycles.